The van der Waals surface area contributed by atoms with Crippen molar-refractivity contribution in [3.8, 4) is 0 Å². The molecule has 0 aromatic heterocycles. The maximum atomic E-state index is 5.54. The first-order chi connectivity index (χ1) is 8.40. The van der Waals surface area contributed by atoms with E-state index >= 15 is 0 Å². The van der Waals surface area contributed by atoms with Crippen molar-refractivity contribution in [1.82, 2.24) is 4.90 Å². The highest BCUT2D eigenvalue weighted by molar-refractivity contribution is 5.11. The molecule has 2 saturated heterocycles. The van der Waals surface area contributed by atoms with Gasteiger partial charge in [0.15, 0.2) is 0 Å². The highest BCUT2D eigenvalue weighted by Crippen LogP contribution is 2.23. The van der Waals surface area contributed by atoms with Gasteiger partial charge in [-0.2, -0.15) is 0 Å². The fraction of sp³-hybridized carbons (Fsp3) is 0.846. The van der Waals surface area contributed by atoms with Crippen molar-refractivity contribution in [3.05, 3.63) is 11.6 Å². The van der Waals surface area contributed by atoms with Gasteiger partial charge in [-0.3, -0.25) is 4.90 Å². The minimum atomic E-state index is 0.591. The summed E-state index contributed by atoms with van der Waals surface area (Å²) < 4.78 is 16.0. The van der Waals surface area contributed by atoms with Crippen LogP contribution in [0.2, 0.25) is 0 Å². The number of hydrogen-bond acceptors (Lipinski definition) is 4. The number of rotatable bonds is 5. The summed E-state index contributed by atoms with van der Waals surface area (Å²) in [7, 11) is 1.73. The Labute approximate surface area is 104 Å². The molecule has 0 aromatic carbocycles. The highest BCUT2D eigenvalue weighted by atomic mass is 16.5. The van der Waals surface area contributed by atoms with Crippen LogP contribution in [-0.2, 0) is 14.2 Å². The Kier molecular flexibility index (Phi) is 5.45. The first-order valence-corrected chi connectivity index (χ1v) is 6.46. The second kappa shape index (κ2) is 7.11. The van der Waals surface area contributed by atoms with E-state index in [0.717, 1.165) is 46.1 Å². The average Bonchev–Trinajstić information content (AvgIpc) is 2.82. The largest absolute Gasteiger partial charge is 0.381 e. The Morgan fingerprint density at radius 3 is 2.94 bits per heavy atom. The van der Waals surface area contributed by atoms with Gasteiger partial charge in [-0.1, -0.05) is 6.08 Å². The SMILES string of the molecule is COC/C=C1\COCC1CCN1CCOCC1. The maximum absolute atomic E-state index is 5.54. The Bertz CT molecular complexity index is 249. The highest BCUT2D eigenvalue weighted by Gasteiger charge is 2.22. The fourth-order valence-corrected chi connectivity index (χ4v) is 2.39. The van der Waals surface area contributed by atoms with E-state index in [-0.39, 0.29) is 0 Å². The second-order valence-electron chi connectivity index (χ2n) is 4.69. The molecule has 0 saturated carbocycles. The lowest BCUT2D eigenvalue weighted by Gasteiger charge is -2.27. The topological polar surface area (TPSA) is 30.9 Å². The van der Waals surface area contributed by atoms with Crippen molar-refractivity contribution in [3.63, 3.8) is 0 Å². The zero-order chi connectivity index (χ0) is 11.9. The molecule has 2 heterocycles. The molecule has 4 heteroatoms. The molecule has 2 aliphatic heterocycles. The molecule has 0 spiro atoms. The Balaban J connectivity index is 1.73. The van der Waals surface area contributed by atoms with Crippen LogP contribution in [0, 0.1) is 5.92 Å². The standard InChI is InChI=1S/C13H23NO3/c1-15-7-3-13-11-17-10-12(13)2-4-14-5-8-16-9-6-14/h3,12H,2,4-11H2,1H3/b13-3+. The predicted molar refractivity (Wildman–Crippen MR) is 66.1 cm³/mol. The van der Waals surface area contributed by atoms with Gasteiger partial charge in [0.2, 0.25) is 0 Å². The molecular formula is C13H23NO3. The van der Waals surface area contributed by atoms with Crippen LogP contribution in [0.1, 0.15) is 6.42 Å². The molecular weight excluding hydrogens is 218 g/mol. The van der Waals surface area contributed by atoms with Gasteiger partial charge in [0.25, 0.3) is 0 Å². The summed E-state index contributed by atoms with van der Waals surface area (Å²) in [5.41, 5.74) is 1.42. The zero-order valence-electron chi connectivity index (χ0n) is 10.7. The molecule has 2 aliphatic rings. The lowest BCUT2D eigenvalue weighted by molar-refractivity contribution is 0.0354. The monoisotopic (exact) mass is 241 g/mol. The number of morpholine rings is 1. The van der Waals surface area contributed by atoms with E-state index in [9.17, 15) is 0 Å². The summed E-state index contributed by atoms with van der Waals surface area (Å²) in [5.74, 6) is 0.591. The van der Waals surface area contributed by atoms with E-state index in [2.05, 4.69) is 11.0 Å². The van der Waals surface area contributed by atoms with Crippen molar-refractivity contribution >= 4 is 0 Å². The van der Waals surface area contributed by atoms with Gasteiger partial charge in [-0.15, -0.1) is 0 Å². The molecule has 98 valence electrons. The summed E-state index contributed by atoms with van der Waals surface area (Å²) in [6.45, 7) is 7.43. The van der Waals surface area contributed by atoms with Gasteiger partial charge in [-0.25, -0.2) is 0 Å². The van der Waals surface area contributed by atoms with Gasteiger partial charge in [0, 0.05) is 26.1 Å². The van der Waals surface area contributed by atoms with E-state index in [0.29, 0.717) is 12.5 Å². The van der Waals surface area contributed by atoms with Gasteiger partial charge in [0.05, 0.1) is 33.0 Å². The normalized spacial score (nSPS) is 29.0. The third-order valence-electron chi connectivity index (χ3n) is 3.52. The smallest absolute Gasteiger partial charge is 0.0681 e. The van der Waals surface area contributed by atoms with Crippen molar-refractivity contribution in [2.75, 3.05) is 59.8 Å². The summed E-state index contributed by atoms with van der Waals surface area (Å²) in [5, 5.41) is 0. The van der Waals surface area contributed by atoms with Crippen LogP contribution in [0.3, 0.4) is 0 Å². The van der Waals surface area contributed by atoms with Crippen LogP contribution in [0.4, 0.5) is 0 Å². The number of nitrogens with zero attached hydrogens (tertiary/aromatic N) is 1. The third-order valence-corrected chi connectivity index (χ3v) is 3.52. The molecule has 2 fully saturated rings. The number of methoxy groups -OCH3 is 1. The molecule has 0 bridgehead atoms. The van der Waals surface area contributed by atoms with Gasteiger partial charge in [0.1, 0.15) is 0 Å². The predicted octanol–water partition coefficient (Wildman–Crippen LogP) is 0.928. The van der Waals surface area contributed by atoms with E-state index in [1.54, 1.807) is 7.11 Å². The number of hydrogen-bond donors (Lipinski definition) is 0. The van der Waals surface area contributed by atoms with Crippen LogP contribution >= 0.6 is 0 Å². The lowest BCUT2D eigenvalue weighted by Crippen LogP contribution is -2.37. The first-order valence-electron chi connectivity index (χ1n) is 6.46. The Morgan fingerprint density at radius 1 is 1.35 bits per heavy atom. The van der Waals surface area contributed by atoms with Crippen LogP contribution in [-0.4, -0.2) is 64.7 Å². The maximum Gasteiger partial charge on any atom is 0.0681 e. The molecule has 0 radical (unpaired) electrons. The van der Waals surface area contributed by atoms with E-state index in [4.69, 9.17) is 14.2 Å². The molecule has 0 aliphatic carbocycles. The third kappa shape index (κ3) is 4.07. The van der Waals surface area contributed by atoms with Gasteiger partial charge in [-0.05, 0) is 18.5 Å². The lowest BCUT2D eigenvalue weighted by atomic mass is 9.98. The Hall–Kier alpha value is -0.420. The van der Waals surface area contributed by atoms with E-state index < -0.39 is 0 Å². The van der Waals surface area contributed by atoms with Crippen LogP contribution in [0.25, 0.3) is 0 Å². The molecule has 0 N–H and O–H groups in total. The van der Waals surface area contributed by atoms with Gasteiger partial charge >= 0.3 is 0 Å². The van der Waals surface area contributed by atoms with Crippen LogP contribution < -0.4 is 0 Å². The quantitative estimate of drug-likeness (QED) is 0.670. The molecule has 1 atom stereocenters. The van der Waals surface area contributed by atoms with Crippen molar-refractivity contribution in [2.24, 2.45) is 5.92 Å². The molecule has 17 heavy (non-hydrogen) atoms. The van der Waals surface area contributed by atoms with Crippen molar-refractivity contribution in [1.29, 1.82) is 0 Å². The summed E-state index contributed by atoms with van der Waals surface area (Å²) in [6, 6.07) is 0. The summed E-state index contributed by atoms with van der Waals surface area (Å²) >= 11 is 0. The van der Waals surface area contributed by atoms with E-state index in [1.165, 1.54) is 12.0 Å². The van der Waals surface area contributed by atoms with Gasteiger partial charge < -0.3 is 14.2 Å². The number of ether oxygens (including phenoxy) is 3. The summed E-state index contributed by atoms with van der Waals surface area (Å²) in [4.78, 5) is 2.48. The molecule has 1 unspecified atom stereocenters. The average molecular weight is 241 g/mol. The fourth-order valence-electron chi connectivity index (χ4n) is 2.39. The van der Waals surface area contributed by atoms with E-state index in [1.807, 2.05) is 0 Å². The second-order valence-corrected chi connectivity index (χ2v) is 4.69. The van der Waals surface area contributed by atoms with Crippen LogP contribution in [0.5, 0.6) is 0 Å². The van der Waals surface area contributed by atoms with Crippen molar-refractivity contribution in [2.45, 2.75) is 6.42 Å². The van der Waals surface area contributed by atoms with Crippen LogP contribution in [0.15, 0.2) is 11.6 Å². The van der Waals surface area contributed by atoms with Crippen molar-refractivity contribution < 1.29 is 14.2 Å². The molecule has 0 aromatic rings. The Morgan fingerprint density at radius 2 is 2.18 bits per heavy atom. The molecule has 2 rings (SSSR count). The first kappa shape index (κ1) is 13.0. The minimum absolute atomic E-state index is 0.591. The molecule has 4 nitrogen and oxygen atoms in total. The summed E-state index contributed by atoms with van der Waals surface area (Å²) in [6.07, 6.45) is 3.37. The zero-order valence-corrected chi connectivity index (χ0v) is 10.7. The minimum Gasteiger partial charge on any atom is -0.381 e. The molecule has 0 amide bonds.